The minimum absolute atomic E-state index is 0.0172. The van der Waals surface area contributed by atoms with E-state index in [2.05, 4.69) is 15.8 Å². The van der Waals surface area contributed by atoms with Gasteiger partial charge in [-0.25, -0.2) is 0 Å². The number of hydrogen-bond acceptors (Lipinski definition) is 4. The lowest BCUT2D eigenvalue weighted by molar-refractivity contribution is -0.135. The van der Waals surface area contributed by atoms with E-state index in [1.54, 1.807) is 0 Å². The molecule has 1 heterocycles. The Kier molecular flexibility index (Phi) is 6.65. The third-order valence-corrected chi connectivity index (χ3v) is 4.76. The van der Waals surface area contributed by atoms with Gasteiger partial charge in [0.05, 0.1) is 5.71 Å². The molecule has 0 aromatic heterocycles. The summed E-state index contributed by atoms with van der Waals surface area (Å²) in [5.41, 5.74) is 3.77. The number of carbonyl (C=O) groups is 2. The zero-order valence-electron chi connectivity index (χ0n) is 17.0. The highest BCUT2D eigenvalue weighted by molar-refractivity contribution is 6.05. The van der Waals surface area contributed by atoms with E-state index in [0.717, 1.165) is 22.4 Å². The van der Waals surface area contributed by atoms with Crippen molar-refractivity contribution in [2.45, 2.75) is 51.8 Å². The van der Waals surface area contributed by atoms with Crippen molar-refractivity contribution in [2.75, 3.05) is 0 Å². The van der Waals surface area contributed by atoms with Crippen molar-refractivity contribution in [3.63, 3.8) is 0 Å². The van der Waals surface area contributed by atoms with E-state index in [0.29, 0.717) is 12.8 Å². The molecule has 1 aliphatic rings. The molecule has 0 saturated heterocycles. The van der Waals surface area contributed by atoms with Crippen molar-refractivity contribution in [3.8, 4) is 0 Å². The van der Waals surface area contributed by atoms with E-state index in [1.165, 1.54) is 0 Å². The van der Waals surface area contributed by atoms with E-state index in [4.69, 9.17) is 4.84 Å². The zero-order chi connectivity index (χ0) is 20.8. The molecule has 2 atom stereocenters. The first-order valence-corrected chi connectivity index (χ1v) is 9.87. The van der Waals surface area contributed by atoms with E-state index < -0.39 is 12.1 Å². The molecule has 152 valence electrons. The fraction of sp³-hybridized carbons (Fsp3) is 0.348. The lowest BCUT2D eigenvalue weighted by Gasteiger charge is -2.21. The molecule has 2 aromatic carbocycles. The molecule has 0 radical (unpaired) electrons. The van der Waals surface area contributed by atoms with Crippen LogP contribution in [-0.4, -0.2) is 35.7 Å². The Morgan fingerprint density at radius 2 is 1.76 bits per heavy atom. The smallest absolute Gasteiger partial charge is 0.265 e. The van der Waals surface area contributed by atoms with Crippen molar-refractivity contribution in [2.24, 2.45) is 5.16 Å². The zero-order valence-corrected chi connectivity index (χ0v) is 17.0. The SMILES string of the molecule is Cc1ccccc1C1=NO[C@H](C(=O)N[C@@H](Cc2ccccc2)C(=O)NC(C)C)C1. The maximum atomic E-state index is 12.8. The Balaban J connectivity index is 1.67. The first-order chi connectivity index (χ1) is 13.9. The summed E-state index contributed by atoms with van der Waals surface area (Å²) in [4.78, 5) is 30.8. The number of carbonyl (C=O) groups excluding carboxylic acids is 2. The molecular formula is C23H27N3O3. The molecule has 0 bridgehead atoms. The van der Waals surface area contributed by atoms with Crippen LogP contribution in [0, 0.1) is 6.92 Å². The first-order valence-electron chi connectivity index (χ1n) is 9.87. The summed E-state index contributed by atoms with van der Waals surface area (Å²) in [6, 6.07) is 16.8. The van der Waals surface area contributed by atoms with Gasteiger partial charge in [0.25, 0.3) is 5.91 Å². The van der Waals surface area contributed by atoms with Crippen LogP contribution in [0.15, 0.2) is 59.8 Å². The molecule has 6 heteroatoms. The molecule has 0 fully saturated rings. The Hall–Kier alpha value is -3.15. The molecule has 1 aliphatic heterocycles. The fourth-order valence-electron chi connectivity index (χ4n) is 3.28. The Bertz CT molecular complexity index is 893. The van der Waals surface area contributed by atoms with Gasteiger partial charge in [0.2, 0.25) is 12.0 Å². The number of benzene rings is 2. The third kappa shape index (κ3) is 5.44. The van der Waals surface area contributed by atoms with Crippen LogP contribution >= 0.6 is 0 Å². The van der Waals surface area contributed by atoms with Crippen molar-refractivity contribution >= 4 is 17.5 Å². The van der Waals surface area contributed by atoms with Gasteiger partial charge in [-0.05, 0) is 31.9 Å². The van der Waals surface area contributed by atoms with Crippen molar-refractivity contribution in [1.82, 2.24) is 10.6 Å². The molecule has 6 nitrogen and oxygen atoms in total. The molecule has 0 aliphatic carbocycles. The van der Waals surface area contributed by atoms with Gasteiger partial charge in [-0.15, -0.1) is 0 Å². The van der Waals surface area contributed by atoms with Crippen LogP contribution in [0.25, 0.3) is 0 Å². The number of aryl methyl sites for hydroxylation is 1. The van der Waals surface area contributed by atoms with E-state index in [9.17, 15) is 9.59 Å². The van der Waals surface area contributed by atoms with Crippen LogP contribution in [0.5, 0.6) is 0 Å². The van der Waals surface area contributed by atoms with Crippen LogP contribution in [0.1, 0.15) is 37.0 Å². The molecule has 2 N–H and O–H groups in total. The summed E-state index contributed by atoms with van der Waals surface area (Å²) in [5, 5.41) is 9.84. The van der Waals surface area contributed by atoms with Crippen LogP contribution in [-0.2, 0) is 20.8 Å². The lowest BCUT2D eigenvalue weighted by Crippen LogP contribution is -2.52. The monoisotopic (exact) mass is 393 g/mol. The maximum absolute atomic E-state index is 12.8. The number of hydrogen-bond donors (Lipinski definition) is 2. The molecule has 2 amide bonds. The van der Waals surface area contributed by atoms with Crippen molar-refractivity contribution < 1.29 is 14.4 Å². The van der Waals surface area contributed by atoms with Gasteiger partial charge in [-0.1, -0.05) is 59.8 Å². The average molecular weight is 393 g/mol. The summed E-state index contributed by atoms with van der Waals surface area (Å²) >= 11 is 0. The number of amides is 2. The van der Waals surface area contributed by atoms with E-state index >= 15 is 0 Å². The summed E-state index contributed by atoms with van der Waals surface area (Å²) in [5.74, 6) is -0.549. The van der Waals surface area contributed by atoms with Gasteiger partial charge in [-0.2, -0.15) is 0 Å². The predicted octanol–water partition coefficient (Wildman–Crippen LogP) is 2.74. The second kappa shape index (κ2) is 9.37. The highest BCUT2D eigenvalue weighted by Crippen LogP contribution is 2.19. The number of nitrogens with zero attached hydrogens (tertiary/aromatic N) is 1. The normalized spacial score (nSPS) is 16.7. The standard InChI is InChI=1S/C23H27N3O3/c1-15(2)24-22(27)20(13-17-10-5-4-6-11-17)25-23(28)21-14-19(26-29-21)18-12-8-7-9-16(18)3/h4-12,15,20-21H,13-14H2,1-3H3,(H,24,27)(H,25,28)/t20-,21-/m0/s1. The summed E-state index contributed by atoms with van der Waals surface area (Å²) in [6.07, 6.45) is 0.0407. The predicted molar refractivity (Wildman–Crippen MR) is 113 cm³/mol. The molecule has 2 aromatic rings. The van der Waals surface area contributed by atoms with Crippen LogP contribution in [0.4, 0.5) is 0 Å². The first kappa shape index (κ1) is 20.6. The molecule has 0 unspecified atom stereocenters. The minimum Gasteiger partial charge on any atom is -0.382 e. The van der Waals surface area contributed by atoms with Gasteiger partial charge in [-0.3, -0.25) is 9.59 Å². The van der Waals surface area contributed by atoms with Gasteiger partial charge in [0, 0.05) is 24.4 Å². The second-order valence-electron chi connectivity index (χ2n) is 7.57. The third-order valence-electron chi connectivity index (χ3n) is 4.76. The topological polar surface area (TPSA) is 79.8 Å². The second-order valence-corrected chi connectivity index (χ2v) is 7.57. The molecule has 0 spiro atoms. The quantitative estimate of drug-likeness (QED) is 0.759. The molecule has 3 rings (SSSR count). The van der Waals surface area contributed by atoms with Gasteiger partial charge < -0.3 is 15.5 Å². The van der Waals surface area contributed by atoms with E-state index in [1.807, 2.05) is 75.4 Å². The minimum atomic E-state index is -0.741. The largest absolute Gasteiger partial charge is 0.382 e. The number of rotatable bonds is 7. The summed E-state index contributed by atoms with van der Waals surface area (Å²) < 4.78 is 0. The van der Waals surface area contributed by atoms with Crippen LogP contribution in [0.3, 0.4) is 0 Å². The van der Waals surface area contributed by atoms with Gasteiger partial charge >= 0.3 is 0 Å². The Morgan fingerprint density at radius 3 is 2.45 bits per heavy atom. The Labute approximate surface area is 171 Å². The number of oxime groups is 1. The summed E-state index contributed by atoms with van der Waals surface area (Å²) in [7, 11) is 0. The van der Waals surface area contributed by atoms with Crippen LogP contribution < -0.4 is 10.6 Å². The Morgan fingerprint density at radius 1 is 1.07 bits per heavy atom. The van der Waals surface area contributed by atoms with Gasteiger partial charge in [0.15, 0.2) is 0 Å². The highest BCUT2D eigenvalue weighted by atomic mass is 16.6. The molecule has 0 saturated carbocycles. The number of nitrogens with one attached hydrogen (secondary N) is 2. The van der Waals surface area contributed by atoms with Crippen molar-refractivity contribution in [3.05, 3.63) is 71.3 Å². The summed E-state index contributed by atoms with van der Waals surface area (Å²) in [6.45, 7) is 5.78. The highest BCUT2D eigenvalue weighted by Gasteiger charge is 2.32. The average Bonchev–Trinajstić information content (AvgIpc) is 3.18. The fourth-order valence-corrected chi connectivity index (χ4v) is 3.28. The van der Waals surface area contributed by atoms with Gasteiger partial charge in [0.1, 0.15) is 6.04 Å². The van der Waals surface area contributed by atoms with Crippen LogP contribution in [0.2, 0.25) is 0 Å². The maximum Gasteiger partial charge on any atom is 0.265 e. The molecule has 29 heavy (non-hydrogen) atoms. The molecular weight excluding hydrogens is 366 g/mol. The van der Waals surface area contributed by atoms with E-state index in [-0.39, 0.29) is 17.9 Å². The lowest BCUT2D eigenvalue weighted by atomic mass is 9.99. The van der Waals surface area contributed by atoms with Crippen molar-refractivity contribution in [1.29, 1.82) is 0 Å².